The first kappa shape index (κ1) is 14.5. The van der Waals surface area contributed by atoms with E-state index in [4.69, 9.17) is 0 Å². The van der Waals surface area contributed by atoms with E-state index < -0.39 is 0 Å². The quantitative estimate of drug-likeness (QED) is 0.859. The highest BCUT2D eigenvalue weighted by molar-refractivity contribution is 5.93. The van der Waals surface area contributed by atoms with E-state index in [0.717, 1.165) is 36.7 Å². The van der Waals surface area contributed by atoms with Crippen LogP contribution in [0.1, 0.15) is 24.2 Å². The minimum absolute atomic E-state index is 0.0711. The molecule has 1 aromatic heterocycles. The summed E-state index contributed by atoms with van der Waals surface area (Å²) < 4.78 is 1.81. The Kier molecular flexibility index (Phi) is 3.99. The molecule has 2 saturated heterocycles. The Hall–Kier alpha value is -1.40. The van der Waals surface area contributed by atoms with Crippen LogP contribution in [-0.4, -0.2) is 52.8 Å². The number of nitrogens with one attached hydrogen (secondary N) is 2. The van der Waals surface area contributed by atoms with Crippen molar-refractivity contribution in [1.82, 2.24) is 20.0 Å². The maximum Gasteiger partial charge on any atom is 0.238 e. The zero-order valence-corrected chi connectivity index (χ0v) is 13.1. The zero-order chi connectivity index (χ0) is 15.0. The number of amides is 1. The number of hydrogen-bond acceptors (Lipinski definition) is 4. The van der Waals surface area contributed by atoms with Gasteiger partial charge in [-0.25, -0.2) is 0 Å². The third-order valence-corrected chi connectivity index (χ3v) is 4.91. The van der Waals surface area contributed by atoms with E-state index in [2.05, 4.69) is 20.6 Å². The van der Waals surface area contributed by atoms with Crippen LogP contribution in [-0.2, 0) is 11.8 Å². The number of carbonyl (C=O) groups excluding carboxylic acids is 1. The summed E-state index contributed by atoms with van der Waals surface area (Å²) >= 11 is 0. The zero-order valence-electron chi connectivity index (χ0n) is 13.1. The molecule has 0 radical (unpaired) electrons. The topological polar surface area (TPSA) is 62.2 Å². The van der Waals surface area contributed by atoms with Crippen LogP contribution in [0.4, 0.5) is 5.69 Å². The maximum absolute atomic E-state index is 12.4. The molecular weight excluding hydrogens is 266 g/mol. The highest BCUT2D eigenvalue weighted by Crippen LogP contribution is 2.26. The summed E-state index contributed by atoms with van der Waals surface area (Å²) in [5.41, 5.74) is 2.74. The Bertz CT molecular complexity index is 538. The predicted octanol–water partition coefficient (Wildman–Crippen LogP) is 0.659. The van der Waals surface area contributed by atoms with Crippen LogP contribution in [0.5, 0.6) is 0 Å². The molecule has 0 aliphatic carbocycles. The highest BCUT2D eigenvalue weighted by Gasteiger charge is 2.35. The molecule has 1 aromatic rings. The third-order valence-electron chi connectivity index (χ3n) is 4.91. The van der Waals surface area contributed by atoms with Gasteiger partial charge in [0, 0.05) is 19.6 Å². The van der Waals surface area contributed by atoms with Gasteiger partial charge >= 0.3 is 0 Å². The molecule has 6 heteroatoms. The summed E-state index contributed by atoms with van der Waals surface area (Å²) in [6.45, 7) is 7.54. The van der Waals surface area contributed by atoms with E-state index in [1.54, 1.807) is 0 Å². The monoisotopic (exact) mass is 291 g/mol. The predicted molar refractivity (Wildman–Crippen MR) is 82.3 cm³/mol. The van der Waals surface area contributed by atoms with Gasteiger partial charge in [-0.15, -0.1) is 0 Å². The molecule has 2 unspecified atom stereocenters. The van der Waals surface area contributed by atoms with Crippen molar-refractivity contribution in [2.45, 2.75) is 32.7 Å². The van der Waals surface area contributed by atoms with Crippen LogP contribution < -0.4 is 10.6 Å². The largest absolute Gasteiger partial charge is 0.322 e. The number of nitrogens with zero attached hydrogens (tertiary/aromatic N) is 3. The molecule has 2 fully saturated rings. The molecule has 2 atom stereocenters. The maximum atomic E-state index is 12.4. The fourth-order valence-corrected chi connectivity index (χ4v) is 3.68. The number of hydrogen-bond donors (Lipinski definition) is 2. The van der Waals surface area contributed by atoms with Crippen LogP contribution in [0.3, 0.4) is 0 Å². The average Bonchev–Trinajstić information content (AvgIpc) is 3.00. The number of aryl methyl sites for hydroxylation is 2. The molecule has 2 aliphatic rings. The van der Waals surface area contributed by atoms with Crippen molar-refractivity contribution in [1.29, 1.82) is 0 Å². The molecule has 0 saturated carbocycles. The second kappa shape index (κ2) is 5.77. The van der Waals surface area contributed by atoms with Gasteiger partial charge in [0.1, 0.15) is 0 Å². The number of carbonyl (C=O) groups is 1. The average molecular weight is 291 g/mol. The van der Waals surface area contributed by atoms with E-state index in [-0.39, 0.29) is 5.91 Å². The lowest BCUT2D eigenvalue weighted by molar-refractivity contribution is -0.118. The number of fused-ring (bicyclic) bond motifs is 1. The summed E-state index contributed by atoms with van der Waals surface area (Å²) in [4.78, 5) is 14.7. The van der Waals surface area contributed by atoms with Crippen LogP contribution >= 0.6 is 0 Å². The van der Waals surface area contributed by atoms with E-state index in [0.29, 0.717) is 18.5 Å². The second-order valence-corrected chi connectivity index (χ2v) is 6.32. The van der Waals surface area contributed by atoms with Crippen LogP contribution in [0.15, 0.2) is 0 Å². The molecule has 2 N–H and O–H groups in total. The SMILES string of the molecule is Cc1nn(C)c(C)c1NC(=O)CN1CCCC2CNCC21. The molecule has 0 bridgehead atoms. The minimum Gasteiger partial charge on any atom is -0.322 e. The molecule has 2 aliphatic heterocycles. The number of anilines is 1. The van der Waals surface area contributed by atoms with Gasteiger partial charge in [0.15, 0.2) is 0 Å². The van der Waals surface area contributed by atoms with Gasteiger partial charge in [-0.2, -0.15) is 5.10 Å². The Morgan fingerprint density at radius 3 is 2.95 bits per heavy atom. The Morgan fingerprint density at radius 1 is 1.43 bits per heavy atom. The molecule has 6 nitrogen and oxygen atoms in total. The van der Waals surface area contributed by atoms with Gasteiger partial charge in [0.05, 0.1) is 23.6 Å². The van der Waals surface area contributed by atoms with E-state index in [9.17, 15) is 4.79 Å². The van der Waals surface area contributed by atoms with Crippen LogP contribution in [0.25, 0.3) is 0 Å². The normalized spacial score (nSPS) is 25.9. The third kappa shape index (κ3) is 2.82. The van der Waals surface area contributed by atoms with Gasteiger partial charge in [0.2, 0.25) is 5.91 Å². The van der Waals surface area contributed by atoms with Crippen LogP contribution in [0.2, 0.25) is 0 Å². The van der Waals surface area contributed by atoms with Crippen molar-refractivity contribution in [2.75, 3.05) is 31.5 Å². The van der Waals surface area contributed by atoms with E-state index >= 15 is 0 Å². The molecule has 1 amide bonds. The van der Waals surface area contributed by atoms with E-state index in [1.165, 1.54) is 12.8 Å². The van der Waals surface area contributed by atoms with Crippen molar-refractivity contribution < 1.29 is 4.79 Å². The molecule has 0 spiro atoms. The number of aromatic nitrogens is 2. The summed E-state index contributed by atoms with van der Waals surface area (Å²) in [5.74, 6) is 0.787. The van der Waals surface area contributed by atoms with Gasteiger partial charge in [0.25, 0.3) is 0 Å². The summed E-state index contributed by atoms with van der Waals surface area (Å²) in [7, 11) is 1.90. The van der Waals surface area contributed by atoms with Crippen molar-refractivity contribution in [3.63, 3.8) is 0 Å². The summed E-state index contributed by atoms with van der Waals surface area (Å²) in [6, 6.07) is 0.528. The van der Waals surface area contributed by atoms with Crippen LogP contribution in [0, 0.1) is 19.8 Å². The van der Waals surface area contributed by atoms with Gasteiger partial charge in [-0.05, 0) is 45.7 Å². The molecule has 3 heterocycles. The fraction of sp³-hybridized carbons (Fsp3) is 0.733. The first-order chi connectivity index (χ1) is 10.1. The Morgan fingerprint density at radius 2 is 2.24 bits per heavy atom. The second-order valence-electron chi connectivity index (χ2n) is 6.32. The van der Waals surface area contributed by atoms with Gasteiger partial charge in [-0.3, -0.25) is 14.4 Å². The van der Waals surface area contributed by atoms with E-state index in [1.807, 2.05) is 25.6 Å². The summed E-state index contributed by atoms with van der Waals surface area (Å²) in [6.07, 6.45) is 2.48. The van der Waals surface area contributed by atoms with Crippen molar-refractivity contribution in [3.8, 4) is 0 Å². The lowest BCUT2D eigenvalue weighted by Crippen LogP contribution is -2.48. The Balaban J connectivity index is 1.63. The lowest BCUT2D eigenvalue weighted by atomic mass is 9.92. The fourth-order valence-electron chi connectivity index (χ4n) is 3.68. The number of rotatable bonds is 3. The van der Waals surface area contributed by atoms with Crippen molar-refractivity contribution in [3.05, 3.63) is 11.4 Å². The van der Waals surface area contributed by atoms with Gasteiger partial charge in [-0.1, -0.05) is 0 Å². The van der Waals surface area contributed by atoms with Gasteiger partial charge < -0.3 is 10.6 Å². The first-order valence-corrected chi connectivity index (χ1v) is 7.81. The lowest BCUT2D eigenvalue weighted by Gasteiger charge is -2.36. The molecular formula is C15H25N5O. The molecule has 116 valence electrons. The first-order valence-electron chi connectivity index (χ1n) is 7.81. The minimum atomic E-state index is 0.0711. The molecule has 0 aromatic carbocycles. The highest BCUT2D eigenvalue weighted by atomic mass is 16.2. The summed E-state index contributed by atoms with van der Waals surface area (Å²) in [5, 5.41) is 10.8. The molecule has 3 rings (SSSR count). The standard InChI is InChI=1S/C15H25N5O/c1-10-15(11(2)19(3)18-10)17-14(21)9-20-6-4-5-12-7-16-8-13(12)20/h12-13,16H,4-9H2,1-3H3,(H,17,21). The smallest absolute Gasteiger partial charge is 0.238 e. The number of likely N-dealkylation sites (tertiary alicyclic amines) is 1. The van der Waals surface area contributed by atoms with Crippen molar-refractivity contribution in [2.24, 2.45) is 13.0 Å². The molecule has 21 heavy (non-hydrogen) atoms. The number of piperidine rings is 1. The van der Waals surface area contributed by atoms with Crippen molar-refractivity contribution >= 4 is 11.6 Å². The Labute approximate surface area is 125 Å².